The van der Waals surface area contributed by atoms with E-state index in [4.69, 9.17) is 4.74 Å². The highest BCUT2D eigenvalue weighted by atomic mass is 16.5. The number of nitrogens with one attached hydrogen (secondary N) is 1. The molecule has 0 bridgehead atoms. The summed E-state index contributed by atoms with van der Waals surface area (Å²) >= 11 is 0. The summed E-state index contributed by atoms with van der Waals surface area (Å²) in [5.74, 6) is -0.101. The van der Waals surface area contributed by atoms with E-state index in [0.29, 0.717) is 19.6 Å². The number of hydrogen-bond donors (Lipinski definition) is 1. The van der Waals surface area contributed by atoms with Gasteiger partial charge < -0.3 is 15.0 Å². The van der Waals surface area contributed by atoms with Gasteiger partial charge in [0, 0.05) is 38.3 Å². The molecule has 0 unspecified atom stereocenters. The van der Waals surface area contributed by atoms with Crippen LogP contribution in [0.25, 0.3) is 11.1 Å². The third-order valence-electron chi connectivity index (χ3n) is 5.88. The molecule has 1 aromatic carbocycles. The SMILES string of the molecule is CCC(CC)C(=O)N1CCO[C@@](Cc2cccc(-c3cccnc3)c2)(C(=O)NC)C1. The Morgan fingerprint density at radius 3 is 2.63 bits per heavy atom. The Labute approximate surface area is 178 Å². The minimum atomic E-state index is -1.09. The van der Waals surface area contributed by atoms with Crippen LogP contribution in [0.5, 0.6) is 0 Å². The van der Waals surface area contributed by atoms with E-state index in [1.807, 2.05) is 50.4 Å². The Morgan fingerprint density at radius 2 is 1.97 bits per heavy atom. The number of hydrogen-bond acceptors (Lipinski definition) is 4. The number of benzene rings is 1. The summed E-state index contributed by atoms with van der Waals surface area (Å²) in [5.41, 5.74) is 1.94. The number of morpholine rings is 1. The maximum atomic E-state index is 13.0. The highest BCUT2D eigenvalue weighted by Gasteiger charge is 2.45. The van der Waals surface area contributed by atoms with Gasteiger partial charge in [0.25, 0.3) is 5.91 Å². The van der Waals surface area contributed by atoms with Crippen molar-refractivity contribution in [3.63, 3.8) is 0 Å². The van der Waals surface area contributed by atoms with Gasteiger partial charge in [-0.15, -0.1) is 0 Å². The zero-order chi connectivity index (χ0) is 21.6. The van der Waals surface area contributed by atoms with Crippen LogP contribution in [0.3, 0.4) is 0 Å². The van der Waals surface area contributed by atoms with Gasteiger partial charge in [-0.1, -0.05) is 44.2 Å². The summed E-state index contributed by atoms with van der Waals surface area (Å²) in [4.78, 5) is 31.9. The van der Waals surface area contributed by atoms with Crippen LogP contribution in [0.4, 0.5) is 0 Å². The number of aromatic nitrogens is 1. The molecule has 6 nitrogen and oxygen atoms in total. The smallest absolute Gasteiger partial charge is 0.254 e. The molecule has 0 saturated carbocycles. The molecule has 0 spiro atoms. The fourth-order valence-corrected chi connectivity index (χ4v) is 4.14. The van der Waals surface area contributed by atoms with Crippen LogP contribution in [0.15, 0.2) is 48.8 Å². The summed E-state index contributed by atoms with van der Waals surface area (Å²) in [6.45, 7) is 5.19. The molecule has 1 aliphatic rings. The van der Waals surface area contributed by atoms with E-state index in [1.54, 1.807) is 18.1 Å². The number of carbonyl (C=O) groups excluding carboxylic acids is 2. The molecule has 160 valence electrons. The lowest BCUT2D eigenvalue weighted by Crippen LogP contribution is -2.62. The molecule has 2 aromatic rings. The number of likely N-dealkylation sites (N-methyl/N-ethyl adjacent to an activating group) is 1. The van der Waals surface area contributed by atoms with E-state index in [9.17, 15) is 9.59 Å². The van der Waals surface area contributed by atoms with E-state index < -0.39 is 5.60 Å². The molecule has 1 atom stereocenters. The zero-order valence-electron chi connectivity index (χ0n) is 18.1. The molecule has 1 aromatic heterocycles. The predicted octanol–water partition coefficient (Wildman–Crippen LogP) is 3.07. The molecule has 1 fully saturated rings. The number of rotatable bonds is 7. The Morgan fingerprint density at radius 1 is 1.20 bits per heavy atom. The van der Waals surface area contributed by atoms with Gasteiger partial charge in [0.15, 0.2) is 5.60 Å². The molecule has 1 N–H and O–H groups in total. The second-order valence-corrected chi connectivity index (χ2v) is 7.81. The van der Waals surface area contributed by atoms with E-state index in [0.717, 1.165) is 29.5 Å². The molecule has 0 radical (unpaired) electrons. The maximum absolute atomic E-state index is 13.0. The largest absolute Gasteiger partial charge is 0.361 e. The van der Waals surface area contributed by atoms with Crippen molar-refractivity contribution in [3.8, 4) is 11.1 Å². The first-order chi connectivity index (χ1) is 14.5. The molecular weight excluding hydrogens is 378 g/mol. The van der Waals surface area contributed by atoms with Gasteiger partial charge in [0.1, 0.15) is 0 Å². The first kappa shape index (κ1) is 22.0. The van der Waals surface area contributed by atoms with Crippen molar-refractivity contribution in [1.29, 1.82) is 0 Å². The average Bonchev–Trinajstić information content (AvgIpc) is 2.80. The molecule has 30 heavy (non-hydrogen) atoms. The van der Waals surface area contributed by atoms with Gasteiger partial charge in [-0.05, 0) is 35.6 Å². The molecule has 2 amide bonds. The second kappa shape index (κ2) is 9.85. The summed E-state index contributed by atoms with van der Waals surface area (Å²) in [6.07, 6.45) is 5.56. The average molecular weight is 410 g/mol. The van der Waals surface area contributed by atoms with Gasteiger partial charge in [-0.3, -0.25) is 14.6 Å². The third-order valence-corrected chi connectivity index (χ3v) is 5.88. The standard InChI is InChI=1S/C24H31N3O3/c1-4-19(5-2)22(28)27-12-13-30-24(17-27,23(29)25-3)15-18-8-6-9-20(14-18)21-10-7-11-26-16-21/h6-11,14,16,19H,4-5,12-13,15,17H2,1-3H3,(H,25,29)/t24-/m1/s1. The van der Waals surface area contributed by atoms with Crippen molar-refractivity contribution in [2.45, 2.75) is 38.7 Å². The molecule has 2 heterocycles. The summed E-state index contributed by atoms with van der Waals surface area (Å²) in [7, 11) is 1.61. The lowest BCUT2D eigenvalue weighted by molar-refractivity contribution is -0.167. The fraction of sp³-hybridized carbons (Fsp3) is 0.458. The van der Waals surface area contributed by atoms with Crippen molar-refractivity contribution >= 4 is 11.8 Å². The first-order valence-electron chi connectivity index (χ1n) is 10.7. The monoisotopic (exact) mass is 409 g/mol. The van der Waals surface area contributed by atoms with E-state index in [2.05, 4.69) is 16.4 Å². The Bertz CT molecular complexity index is 867. The summed E-state index contributed by atoms with van der Waals surface area (Å²) in [5, 5.41) is 2.75. The number of amides is 2. The van der Waals surface area contributed by atoms with Gasteiger partial charge in [0.05, 0.1) is 13.2 Å². The number of nitrogens with zero attached hydrogens (tertiary/aromatic N) is 2. The fourth-order valence-electron chi connectivity index (χ4n) is 4.14. The van der Waals surface area contributed by atoms with Crippen molar-refractivity contribution in [2.75, 3.05) is 26.7 Å². The second-order valence-electron chi connectivity index (χ2n) is 7.81. The summed E-state index contributed by atoms with van der Waals surface area (Å²) in [6, 6.07) is 12.0. The Kier molecular flexibility index (Phi) is 7.21. The van der Waals surface area contributed by atoms with Gasteiger partial charge in [-0.2, -0.15) is 0 Å². The van der Waals surface area contributed by atoms with Crippen molar-refractivity contribution < 1.29 is 14.3 Å². The van der Waals surface area contributed by atoms with Crippen LogP contribution < -0.4 is 5.32 Å². The third kappa shape index (κ3) is 4.70. The molecular formula is C24H31N3O3. The normalized spacial score (nSPS) is 19.0. The highest BCUT2D eigenvalue weighted by Crippen LogP contribution is 2.28. The molecule has 3 rings (SSSR count). The van der Waals surface area contributed by atoms with Gasteiger partial charge >= 0.3 is 0 Å². The summed E-state index contributed by atoms with van der Waals surface area (Å²) < 4.78 is 6.08. The minimum absolute atomic E-state index is 0.0144. The van der Waals surface area contributed by atoms with Gasteiger partial charge in [0.2, 0.25) is 5.91 Å². The van der Waals surface area contributed by atoms with Crippen LogP contribution in [0.1, 0.15) is 32.3 Å². The van der Waals surface area contributed by atoms with E-state index in [-0.39, 0.29) is 24.3 Å². The van der Waals surface area contributed by atoms with Gasteiger partial charge in [-0.25, -0.2) is 0 Å². The van der Waals surface area contributed by atoms with Crippen LogP contribution in [0, 0.1) is 5.92 Å². The van der Waals surface area contributed by atoms with Crippen molar-refractivity contribution in [3.05, 3.63) is 54.4 Å². The van der Waals surface area contributed by atoms with Crippen LogP contribution in [-0.4, -0.2) is 54.0 Å². The Hall–Kier alpha value is -2.73. The quantitative estimate of drug-likeness (QED) is 0.763. The number of pyridine rings is 1. The lowest BCUT2D eigenvalue weighted by Gasteiger charge is -2.42. The molecule has 0 aliphatic carbocycles. The lowest BCUT2D eigenvalue weighted by atomic mass is 9.89. The molecule has 1 saturated heterocycles. The van der Waals surface area contributed by atoms with Crippen molar-refractivity contribution in [1.82, 2.24) is 15.2 Å². The first-order valence-corrected chi connectivity index (χ1v) is 10.7. The van der Waals surface area contributed by atoms with Crippen LogP contribution >= 0.6 is 0 Å². The zero-order valence-corrected chi connectivity index (χ0v) is 18.1. The topological polar surface area (TPSA) is 71.5 Å². The minimum Gasteiger partial charge on any atom is -0.361 e. The maximum Gasteiger partial charge on any atom is 0.254 e. The van der Waals surface area contributed by atoms with E-state index in [1.165, 1.54) is 0 Å². The van der Waals surface area contributed by atoms with Crippen LogP contribution in [-0.2, 0) is 20.7 Å². The highest BCUT2D eigenvalue weighted by molar-refractivity contribution is 5.87. The van der Waals surface area contributed by atoms with Crippen LogP contribution in [0.2, 0.25) is 0 Å². The molecule has 1 aliphatic heterocycles. The molecule has 6 heteroatoms. The van der Waals surface area contributed by atoms with E-state index >= 15 is 0 Å². The predicted molar refractivity (Wildman–Crippen MR) is 117 cm³/mol. The Balaban J connectivity index is 1.88. The number of ether oxygens (including phenoxy) is 1. The van der Waals surface area contributed by atoms with Crippen molar-refractivity contribution in [2.24, 2.45) is 5.92 Å². The number of carbonyl (C=O) groups is 2.